The number of ketones is 1. The third-order valence-corrected chi connectivity index (χ3v) is 3.91. The largest absolute Gasteiger partial charge is 0.298 e. The zero-order valence-electron chi connectivity index (χ0n) is 10.0. The molecule has 1 nitrogen and oxygen atoms in total. The van der Waals surface area contributed by atoms with Crippen molar-refractivity contribution < 1.29 is 9.18 Å². The van der Waals surface area contributed by atoms with Crippen molar-refractivity contribution in [1.29, 1.82) is 0 Å². The van der Waals surface area contributed by atoms with Crippen LogP contribution in [0.4, 0.5) is 4.39 Å². The molecular formula is C13H16ClFOS. The highest BCUT2D eigenvalue weighted by molar-refractivity contribution is 7.99. The van der Waals surface area contributed by atoms with Crippen molar-refractivity contribution in [1.82, 2.24) is 0 Å². The predicted octanol–water partition coefficient (Wildman–Crippen LogP) is 3.98. The van der Waals surface area contributed by atoms with Gasteiger partial charge in [0.05, 0.1) is 5.75 Å². The quantitative estimate of drug-likeness (QED) is 0.780. The van der Waals surface area contributed by atoms with E-state index >= 15 is 0 Å². The number of thioether (sulfide) groups is 1. The van der Waals surface area contributed by atoms with Gasteiger partial charge in [0.25, 0.3) is 0 Å². The number of hydrogen-bond acceptors (Lipinski definition) is 2. The van der Waals surface area contributed by atoms with Crippen LogP contribution in [0.2, 0.25) is 5.02 Å². The van der Waals surface area contributed by atoms with Crippen molar-refractivity contribution in [3.8, 4) is 0 Å². The van der Waals surface area contributed by atoms with Gasteiger partial charge in [-0.1, -0.05) is 25.4 Å². The predicted molar refractivity (Wildman–Crippen MR) is 72.3 cm³/mol. The molecule has 0 saturated carbocycles. The molecular weight excluding hydrogens is 259 g/mol. The third-order valence-electron chi connectivity index (χ3n) is 2.11. The first-order chi connectivity index (χ1) is 7.99. The van der Waals surface area contributed by atoms with Gasteiger partial charge in [-0.05, 0) is 35.4 Å². The lowest BCUT2D eigenvalue weighted by atomic mass is 10.1. The molecule has 0 fully saturated rings. The smallest absolute Gasteiger partial charge is 0.147 e. The molecule has 0 amide bonds. The summed E-state index contributed by atoms with van der Waals surface area (Å²) < 4.78 is 13.0. The Morgan fingerprint density at radius 2 is 2.18 bits per heavy atom. The van der Waals surface area contributed by atoms with Crippen LogP contribution in [-0.4, -0.2) is 17.3 Å². The second-order valence-electron chi connectivity index (χ2n) is 4.36. The zero-order chi connectivity index (χ0) is 12.8. The van der Waals surface area contributed by atoms with Crippen LogP contribution in [0.3, 0.4) is 0 Å². The summed E-state index contributed by atoms with van der Waals surface area (Å²) >= 11 is 7.51. The minimum atomic E-state index is -0.355. The summed E-state index contributed by atoms with van der Waals surface area (Å²) in [4.78, 5) is 11.7. The summed E-state index contributed by atoms with van der Waals surface area (Å²) in [6, 6.07) is 4.11. The summed E-state index contributed by atoms with van der Waals surface area (Å²) in [6.07, 6.45) is 0.210. The monoisotopic (exact) mass is 274 g/mol. The van der Waals surface area contributed by atoms with Crippen molar-refractivity contribution in [3.05, 3.63) is 34.6 Å². The maximum atomic E-state index is 13.0. The first-order valence-corrected chi connectivity index (χ1v) is 7.05. The highest BCUT2D eigenvalue weighted by atomic mass is 35.5. The van der Waals surface area contributed by atoms with Crippen molar-refractivity contribution in [3.63, 3.8) is 0 Å². The van der Waals surface area contributed by atoms with Crippen molar-refractivity contribution >= 4 is 29.1 Å². The van der Waals surface area contributed by atoms with E-state index in [0.29, 0.717) is 22.3 Å². The molecule has 1 aromatic carbocycles. The molecule has 94 valence electrons. The van der Waals surface area contributed by atoms with E-state index in [1.54, 1.807) is 11.8 Å². The van der Waals surface area contributed by atoms with E-state index in [1.807, 2.05) is 0 Å². The average molecular weight is 275 g/mol. The molecule has 0 atom stereocenters. The number of hydrogen-bond donors (Lipinski definition) is 0. The lowest BCUT2D eigenvalue weighted by Gasteiger charge is -2.05. The summed E-state index contributed by atoms with van der Waals surface area (Å²) in [5.41, 5.74) is 0.571. The van der Waals surface area contributed by atoms with Crippen LogP contribution >= 0.6 is 23.4 Å². The number of carbonyl (C=O) groups is 1. The summed E-state index contributed by atoms with van der Waals surface area (Å²) in [5.74, 6) is 1.73. The van der Waals surface area contributed by atoms with Gasteiger partial charge >= 0.3 is 0 Å². The Labute approximate surface area is 111 Å². The fraction of sp³-hybridized carbons (Fsp3) is 0.462. The maximum Gasteiger partial charge on any atom is 0.147 e. The van der Waals surface area contributed by atoms with Crippen LogP contribution in [0.5, 0.6) is 0 Å². The van der Waals surface area contributed by atoms with E-state index < -0.39 is 0 Å². The second-order valence-corrected chi connectivity index (χ2v) is 5.80. The Morgan fingerprint density at radius 3 is 2.82 bits per heavy atom. The van der Waals surface area contributed by atoms with Gasteiger partial charge in [-0.25, -0.2) is 4.39 Å². The Balaban J connectivity index is 2.47. The SMILES string of the molecule is CC(C)CSCC(=O)Cc1cc(F)ccc1Cl. The van der Waals surface area contributed by atoms with Gasteiger partial charge < -0.3 is 0 Å². The zero-order valence-corrected chi connectivity index (χ0v) is 11.6. The fourth-order valence-electron chi connectivity index (χ4n) is 1.35. The molecule has 0 spiro atoms. The normalized spacial score (nSPS) is 10.9. The van der Waals surface area contributed by atoms with Crippen LogP contribution in [0.1, 0.15) is 19.4 Å². The van der Waals surface area contributed by atoms with Crippen molar-refractivity contribution in [2.45, 2.75) is 20.3 Å². The van der Waals surface area contributed by atoms with Crippen LogP contribution in [0, 0.1) is 11.7 Å². The van der Waals surface area contributed by atoms with E-state index in [4.69, 9.17) is 11.6 Å². The number of halogens is 2. The number of benzene rings is 1. The molecule has 0 radical (unpaired) electrons. The summed E-state index contributed by atoms with van der Waals surface area (Å²) in [6.45, 7) is 4.22. The minimum Gasteiger partial charge on any atom is -0.298 e. The Hall–Kier alpha value is -0.540. The van der Waals surface area contributed by atoms with Gasteiger partial charge in [-0.3, -0.25) is 4.79 Å². The van der Waals surface area contributed by atoms with Crippen LogP contribution in [0.15, 0.2) is 18.2 Å². The van der Waals surface area contributed by atoms with Crippen LogP contribution in [-0.2, 0) is 11.2 Å². The molecule has 0 aromatic heterocycles. The topological polar surface area (TPSA) is 17.1 Å². The lowest BCUT2D eigenvalue weighted by Crippen LogP contribution is -2.08. The first-order valence-electron chi connectivity index (χ1n) is 5.52. The van der Waals surface area contributed by atoms with E-state index in [2.05, 4.69) is 13.8 Å². The first kappa shape index (κ1) is 14.5. The minimum absolute atomic E-state index is 0.0863. The van der Waals surface area contributed by atoms with Crippen molar-refractivity contribution in [2.75, 3.05) is 11.5 Å². The molecule has 0 unspecified atom stereocenters. The van der Waals surface area contributed by atoms with Crippen LogP contribution in [0.25, 0.3) is 0 Å². The number of rotatable bonds is 6. The Kier molecular flexibility index (Phi) is 6.00. The van der Waals surface area contributed by atoms with Gasteiger partial charge in [0.2, 0.25) is 0 Å². The molecule has 17 heavy (non-hydrogen) atoms. The molecule has 1 aromatic rings. The van der Waals surface area contributed by atoms with Gasteiger partial charge in [-0.15, -0.1) is 0 Å². The molecule has 1 rings (SSSR count). The second kappa shape index (κ2) is 7.02. The molecule has 4 heteroatoms. The van der Waals surface area contributed by atoms with E-state index in [1.165, 1.54) is 18.2 Å². The maximum absolute atomic E-state index is 13.0. The van der Waals surface area contributed by atoms with Gasteiger partial charge in [-0.2, -0.15) is 11.8 Å². The number of Topliss-reactive ketones (excluding diaryl/α,β-unsaturated/α-hetero) is 1. The molecule has 0 bridgehead atoms. The van der Waals surface area contributed by atoms with Gasteiger partial charge in [0, 0.05) is 11.4 Å². The molecule has 0 N–H and O–H groups in total. The van der Waals surface area contributed by atoms with E-state index in [0.717, 1.165) is 5.75 Å². The van der Waals surface area contributed by atoms with E-state index in [9.17, 15) is 9.18 Å². The number of carbonyl (C=O) groups excluding carboxylic acids is 1. The Bertz CT molecular complexity index is 393. The average Bonchev–Trinajstić information content (AvgIpc) is 2.23. The van der Waals surface area contributed by atoms with Crippen LogP contribution < -0.4 is 0 Å². The molecule has 0 heterocycles. The van der Waals surface area contributed by atoms with Crippen molar-refractivity contribution in [2.24, 2.45) is 5.92 Å². The van der Waals surface area contributed by atoms with Gasteiger partial charge in [0.1, 0.15) is 11.6 Å². The highest BCUT2D eigenvalue weighted by Crippen LogP contribution is 2.18. The van der Waals surface area contributed by atoms with E-state index in [-0.39, 0.29) is 18.0 Å². The molecule has 0 aliphatic rings. The summed E-state index contributed by atoms with van der Waals surface area (Å²) in [5, 5.41) is 0.452. The molecule has 0 aliphatic heterocycles. The lowest BCUT2D eigenvalue weighted by molar-refractivity contribution is -0.116. The molecule has 0 aliphatic carbocycles. The third kappa shape index (κ3) is 5.55. The highest BCUT2D eigenvalue weighted by Gasteiger charge is 2.09. The Morgan fingerprint density at radius 1 is 1.47 bits per heavy atom. The van der Waals surface area contributed by atoms with Gasteiger partial charge in [0.15, 0.2) is 0 Å². The standard InChI is InChI=1S/C13H16ClFOS/c1-9(2)7-17-8-12(16)6-10-5-11(15)3-4-13(10)14/h3-5,9H,6-8H2,1-2H3. The fourth-order valence-corrected chi connectivity index (χ4v) is 2.45. The molecule has 0 saturated heterocycles. The summed E-state index contributed by atoms with van der Waals surface area (Å²) in [7, 11) is 0.